The summed E-state index contributed by atoms with van der Waals surface area (Å²) in [5.74, 6) is -0.839. The Morgan fingerprint density at radius 2 is 2.17 bits per heavy atom. The Bertz CT molecular complexity index is 810. The van der Waals surface area contributed by atoms with Gasteiger partial charge in [-0.3, -0.25) is 14.3 Å². The molecule has 2 fully saturated rings. The number of isothiocyanates is 1. The molecule has 0 saturated carbocycles. The van der Waals surface area contributed by atoms with Gasteiger partial charge in [0.2, 0.25) is 0 Å². The first kappa shape index (κ1) is 16.9. The largest absolute Gasteiger partial charge is 0.346 e. The van der Waals surface area contributed by atoms with E-state index in [0.717, 1.165) is 0 Å². The molecule has 0 bridgehead atoms. The van der Waals surface area contributed by atoms with Gasteiger partial charge in [0.05, 0.1) is 5.16 Å². The van der Waals surface area contributed by atoms with E-state index in [1.54, 1.807) is 19.9 Å². The molecular weight excluding hydrogens is 334 g/mol. The Labute approximate surface area is 142 Å². The molecule has 2 saturated heterocycles. The number of aromatic amines is 1. The highest BCUT2D eigenvalue weighted by Gasteiger charge is 2.57. The highest BCUT2D eigenvalue weighted by molar-refractivity contribution is 7.78. The number of hydrogen-bond donors (Lipinski definition) is 1. The molecule has 1 aromatic rings. The Morgan fingerprint density at radius 3 is 2.79 bits per heavy atom. The van der Waals surface area contributed by atoms with E-state index >= 15 is 0 Å². The molecule has 2 aliphatic heterocycles. The lowest BCUT2D eigenvalue weighted by Gasteiger charge is -2.26. The van der Waals surface area contributed by atoms with Gasteiger partial charge in [-0.15, -0.1) is 6.58 Å². The van der Waals surface area contributed by atoms with Crippen molar-refractivity contribution in [2.75, 3.05) is 0 Å². The minimum atomic E-state index is -0.839. The summed E-state index contributed by atoms with van der Waals surface area (Å²) in [7, 11) is 0. The van der Waals surface area contributed by atoms with E-state index < -0.39 is 47.6 Å². The van der Waals surface area contributed by atoms with E-state index in [1.807, 2.05) is 0 Å². The van der Waals surface area contributed by atoms with E-state index in [1.165, 1.54) is 16.8 Å². The van der Waals surface area contributed by atoms with Crippen LogP contribution in [0.1, 0.15) is 20.1 Å². The molecular formula is C15H17N3O5S. The first-order valence-corrected chi connectivity index (χ1v) is 7.79. The Balaban J connectivity index is 2.02. The molecule has 0 radical (unpaired) electrons. The standard InChI is InChI=1S/C15H17N3O5S/c1-4-8(16-7-24)10-11-12(23-15(2,3)22-11)13(21-10)18-6-5-9(19)17-14(18)20/h4-6,8,10-13H,1H2,2-3H3,(H,17,19,20)/t8-,10-,11-,12-,13-/m1/s1. The van der Waals surface area contributed by atoms with Gasteiger partial charge < -0.3 is 14.2 Å². The molecule has 5 atom stereocenters. The number of rotatable bonds is 4. The SMILES string of the molecule is C=C[C@@H](N=C=S)[C@H]1O[C@@H](n2ccc(=O)[nH]c2=O)[C@@H]2OC(C)(C)O[C@@H]21. The summed E-state index contributed by atoms with van der Waals surface area (Å²) in [6.45, 7) is 7.29. The molecule has 1 N–H and O–H groups in total. The predicted octanol–water partition coefficient (Wildman–Crippen LogP) is 0.611. The van der Waals surface area contributed by atoms with Crippen molar-refractivity contribution in [1.29, 1.82) is 0 Å². The van der Waals surface area contributed by atoms with Crippen molar-refractivity contribution in [3.63, 3.8) is 0 Å². The molecule has 1 aromatic heterocycles. The quantitative estimate of drug-likeness (QED) is 0.485. The number of hydrogen-bond acceptors (Lipinski definition) is 7. The number of fused-ring (bicyclic) bond motifs is 1. The molecule has 3 heterocycles. The lowest BCUT2D eigenvalue weighted by atomic mass is 10.0. The summed E-state index contributed by atoms with van der Waals surface area (Å²) in [6.07, 6.45) is 0.608. The fourth-order valence-corrected chi connectivity index (χ4v) is 3.18. The number of thiocarbonyl (C=S) groups is 1. The highest BCUT2D eigenvalue weighted by atomic mass is 32.1. The van der Waals surface area contributed by atoms with E-state index in [4.69, 9.17) is 14.2 Å². The van der Waals surface area contributed by atoms with Crippen LogP contribution in [0.3, 0.4) is 0 Å². The molecule has 0 unspecified atom stereocenters. The number of ether oxygens (including phenoxy) is 3. The van der Waals surface area contributed by atoms with Gasteiger partial charge in [-0.25, -0.2) is 9.79 Å². The molecule has 9 heteroatoms. The second kappa shape index (κ2) is 6.19. The van der Waals surface area contributed by atoms with Crippen molar-refractivity contribution in [1.82, 2.24) is 9.55 Å². The molecule has 128 valence electrons. The van der Waals surface area contributed by atoms with Crippen LogP contribution >= 0.6 is 12.2 Å². The van der Waals surface area contributed by atoms with Gasteiger partial charge in [0.15, 0.2) is 12.0 Å². The Kier molecular flexibility index (Phi) is 4.37. The summed E-state index contributed by atoms with van der Waals surface area (Å²) in [5.41, 5.74) is -1.07. The summed E-state index contributed by atoms with van der Waals surface area (Å²) < 4.78 is 19.1. The summed E-state index contributed by atoms with van der Waals surface area (Å²) in [4.78, 5) is 29.6. The summed E-state index contributed by atoms with van der Waals surface area (Å²) >= 11 is 4.67. The molecule has 3 rings (SSSR count). The zero-order valence-electron chi connectivity index (χ0n) is 13.2. The average Bonchev–Trinajstić information content (AvgIpc) is 2.99. The van der Waals surface area contributed by atoms with Crippen LogP contribution in [-0.4, -0.2) is 44.9 Å². The third-order valence-corrected chi connectivity index (χ3v) is 4.08. The lowest BCUT2D eigenvalue weighted by Crippen LogP contribution is -2.37. The van der Waals surface area contributed by atoms with Crippen molar-refractivity contribution >= 4 is 17.4 Å². The number of H-pyrrole nitrogens is 1. The number of aromatic nitrogens is 2. The van der Waals surface area contributed by atoms with Crippen molar-refractivity contribution < 1.29 is 14.2 Å². The van der Waals surface area contributed by atoms with E-state index in [9.17, 15) is 9.59 Å². The molecule has 0 amide bonds. The summed E-state index contributed by atoms with van der Waals surface area (Å²) in [5, 5.41) is 2.31. The van der Waals surface area contributed by atoms with Gasteiger partial charge in [0.1, 0.15) is 24.4 Å². The van der Waals surface area contributed by atoms with E-state index in [-0.39, 0.29) is 0 Å². The van der Waals surface area contributed by atoms with Gasteiger partial charge in [0.25, 0.3) is 5.56 Å². The maximum Gasteiger partial charge on any atom is 0.330 e. The van der Waals surface area contributed by atoms with Crippen molar-refractivity contribution in [3.8, 4) is 0 Å². The van der Waals surface area contributed by atoms with Crippen LogP contribution in [0.25, 0.3) is 0 Å². The maximum atomic E-state index is 12.1. The van der Waals surface area contributed by atoms with Crippen LogP contribution in [0, 0.1) is 0 Å². The van der Waals surface area contributed by atoms with Gasteiger partial charge in [0, 0.05) is 12.3 Å². The molecule has 0 spiro atoms. The number of aliphatic imine (C=N–C) groups is 1. The van der Waals surface area contributed by atoms with Crippen LogP contribution in [0.4, 0.5) is 0 Å². The minimum absolute atomic E-state index is 0.473. The molecule has 24 heavy (non-hydrogen) atoms. The van der Waals surface area contributed by atoms with Crippen LogP contribution < -0.4 is 11.2 Å². The van der Waals surface area contributed by atoms with Gasteiger partial charge in [-0.1, -0.05) is 6.08 Å². The smallest absolute Gasteiger partial charge is 0.330 e. The second-order valence-electron chi connectivity index (χ2n) is 6.02. The van der Waals surface area contributed by atoms with Crippen molar-refractivity contribution in [2.24, 2.45) is 4.99 Å². The van der Waals surface area contributed by atoms with E-state index in [0.29, 0.717) is 0 Å². The zero-order valence-corrected chi connectivity index (χ0v) is 14.0. The number of nitrogens with one attached hydrogen (secondary N) is 1. The van der Waals surface area contributed by atoms with Crippen LogP contribution in [0.5, 0.6) is 0 Å². The van der Waals surface area contributed by atoms with Crippen LogP contribution in [-0.2, 0) is 14.2 Å². The van der Waals surface area contributed by atoms with Gasteiger partial charge in [-0.2, -0.15) is 0 Å². The third-order valence-electron chi connectivity index (χ3n) is 3.97. The molecule has 0 aliphatic carbocycles. The number of nitrogens with zero attached hydrogens (tertiary/aromatic N) is 2. The molecule has 0 aromatic carbocycles. The fourth-order valence-electron chi connectivity index (χ4n) is 3.06. The normalized spacial score (nSPS) is 31.9. The first-order chi connectivity index (χ1) is 11.4. The van der Waals surface area contributed by atoms with Crippen molar-refractivity contribution in [2.45, 2.75) is 50.2 Å². The van der Waals surface area contributed by atoms with Gasteiger partial charge in [-0.05, 0) is 26.1 Å². The molecule has 2 aliphatic rings. The third kappa shape index (κ3) is 2.92. The van der Waals surface area contributed by atoms with Gasteiger partial charge >= 0.3 is 5.69 Å². The molecule has 8 nitrogen and oxygen atoms in total. The van der Waals surface area contributed by atoms with Crippen molar-refractivity contribution in [3.05, 3.63) is 45.8 Å². The average molecular weight is 351 g/mol. The summed E-state index contributed by atoms with van der Waals surface area (Å²) in [6, 6.07) is 0.754. The fraction of sp³-hybridized carbons (Fsp3) is 0.533. The van der Waals surface area contributed by atoms with Crippen LogP contribution in [0.15, 0.2) is 39.5 Å². The Hall–Kier alpha value is -1.90. The minimum Gasteiger partial charge on any atom is -0.346 e. The van der Waals surface area contributed by atoms with E-state index in [2.05, 4.69) is 33.9 Å². The predicted molar refractivity (Wildman–Crippen MR) is 88.1 cm³/mol. The maximum absolute atomic E-state index is 12.1. The monoisotopic (exact) mass is 351 g/mol. The Morgan fingerprint density at radius 1 is 1.46 bits per heavy atom. The lowest BCUT2D eigenvalue weighted by molar-refractivity contribution is -0.198. The van der Waals surface area contributed by atoms with Crippen LogP contribution in [0.2, 0.25) is 0 Å². The highest BCUT2D eigenvalue weighted by Crippen LogP contribution is 2.43. The topological polar surface area (TPSA) is 94.9 Å². The zero-order chi connectivity index (χ0) is 17.5. The first-order valence-electron chi connectivity index (χ1n) is 7.38. The second-order valence-corrected chi connectivity index (χ2v) is 6.20.